The molecular weight excluding hydrogens is 204 g/mol. The van der Waals surface area contributed by atoms with Gasteiger partial charge in [0.1, 0.15) is 0 Å². The maximum atomic E-state index is 9.34. The second kappa shape index (κ2) is 5.46. The molecule has 1 fully saturated rings. The Labute approximate surface area is 95.2 Å². The lowest BCUT2D eigenvalue weighted by molar-refractivity contribution is -0.00303. The Morgan fingerprint density at radius 1 is 1.33 bits per heavy atom. The SMILES string of the molecule is CCCC[Si](C)(C)OCC1(CO)CCC1. The Morgan fingerprint density at radius 3 is 2.40 bits per heavy atom. The topological polar surface area (TPSA) is 29.5 Å². The van der Waals surface area contributed by atoms with E-state index in [1.807, 2.05) is 0 Å². The second-order valence-electron chi connectivity index (χ2n) is 5.66. The minimum atomic E-state index is -1.44. The molecule has 1 rings (SSSR count). The van der Waals surface area contributed by atoms with Crippen molar-refractivity contribution in [2.75, 3.05) is 13.2 Å². The van der Waals surface area contributed by atoms with Crippen LogP contribution in [0.2, 0.25) is 19.1 Å². The van der Waals surface area contributed by atoms with Gasteiger partial charge >= 0.3 is 0 Å². The van der Waals surface area contributed by atoms with E-state index >= 15 is 0 Å². The molecule has 0 aliphatic heterocycles. The summed E-state index contributed by atoms with van der Waals surface area (Å²) >= 11 is 0. The van der Waals surface area contributed by atoms with Crippen LogP contribution in [-0.4, -0.2) is 26.6 Å². The number of aliphatic hydroxyl groups is 1. The highest BCUT2D eigenvalue weighted by Crippen LogP contribution is 2.41. The predicted octanol–water partition coefficient (Wildman–Crippen LogP) is 3.17. The van der Waals surface area contributed by atoms with Gasteiger partial charge in [0.2, 0.25) is 0 Å². The standard InChI is InChI=1S/C12H26O2Si/c1-4-5-9-15(2,3)14-11-12(10-13)7-6-8-12/h13H,4-11H2,1-3H3. The zero-order valence-corrected chi connectivity index (χ0v) is 11.5. The number of unbranched alkanes of at least 4 members (excludes halogenated alkanes) is 1. The maximum absolute atomic E-state index is 9.34. The molecule has 0 amide bonds. The van der Waals surface area contributed by atoms with E-state index in [-0.39, 0.29) is 5.41 Å². The summed E-state index contributed by atoms with van der Waals surface area (Å²) in [6.45, 7) is 7.93. The van der Waals surface area contributed by atoms with E-state index in [0.717, 1.165) is 19.4 Å². The molecule has 1 aliphatic carbocycles. The molecule has 0 radical (unpaired) electrons. The fourth-order valence-corrected chi connectivity index (χ4v) is 4.09. The molecule has 1 saturated carbocycles. The summed E-state index contributed by atoms with van der Waals surface area (Å²) in [4.78, 5) is 0. The predicted molar refractivity (Wildman–Crippen MR) is 66.5 cm³/mol. The number of aliphatic hydroxyl groups excluding tert-OH is 1. The number of hydrogen-bond acceptors (Lipinski definition) is 2. The molecule has 0 aromatic carbocycles. The van der Waals surface area contributed by atoms with Crippen LogP contribution in [0.4, 0.5) is 0 Å². The molecule has 0 atom stereocenters. The molecule has 0 aromatic heterocycles. The van der Waals surface area contributed by atoms with Gasteiger partial charge in [-0.05, 0) is 32.0 Å². The minimum Gasteiger partial charge on any atom is -0.417 e. The van der Waals surface area contributed by atoms with Crippen LogP contribution in [0.25, 0.3) is 0 Å². The normalized spacial score (nSPS) is 20.0. The Balaban J connectivity index is 2.28. The van der Waals surface area contributed by atoms with E-state index in [1.165, 1.54) is 25.3 Å². The summed E-state index contributed by atoms with van der Waals surface area (Å²) in [5.41, 5.74) is 0.135. The zero-order valence-electron chi connectivity index (χ0n) is 10.5. The van der Waals surface area contributed by atoms with E-state index in [9.17, 15) is 5.11 Å². The third-order valence-corrected chi connectivity index (χ3v) is 6.13. The molecule has 90 valence electrons. The smallest absolute Gasteiger partial charge is 0.186 e. The van der Waals surface area contributed by atoms with E-state index < -0.39 is 8.32 Å². The third kappa shape index (κ3) is 3.89. The van der Waals surface area contributed by atoms with Crippen LogP contribution < -0.4 is 0 Å². The lowest BCUT2D eigenvalue weighted by Crippen LogP contribution is -2.42. The van der Waals surface area contributed by atoms with Gasteiger partial charge < -0.3 is 9.53 Å². The first-order chi connectivity index (χ1) is 7.04. The fourth-order valence-electron chi connectivity index (χ4n) is 2.05. The molecule has 0 saturated heterocycles. The summed E-state index contributed by atoms with van der Waals surface area (Å²) in [7, 11) is -1.44. The van der Waals surface area contributed by atoms with Crippen LogP contribution in [0.15, 0.2) is 0 Å². The molecule has 1 N–H and O–H groups in total. The fraction of sp³-hybridized carbons (Fsp3) is 1.00. The van der Waals surface area contributed by atoms with Gasteiger partial charge in [0, 0.05) is 12.0 Å². The molecule has 1 aliphatic rings. The van der Waals surface area contributed by atoms with Crippen molar-refractivity contribution in [3.63, 3.8) is 0 Å². The summed E-state index contributed by atoms with van der Waals surface area (Å²) in [5, 5.41) is 9.34. The highest BCUT2D eigenvalue weighted by molar-refractivity contribution is 6.71. The molecule has 2 nitrogen and oxygen atoms in total. The number of rotatable bonds is 7. The van der Waals surface area contributed by atoms with E-state index in [4.69, 9.17) is 4.43 Å². The Kier molecular flexibility index (Phi) is 4.81. The monoisotopic (exact) mass is 230 g/mol. The summed E-state index contributed by atoms with van der Waals surface area (Å²) < 4.78 is 6.11. The molecule has 3 heteroatoms. The van der Waals surface area contributed by atoms with Gasteiger partial charge in [0.05, 0.1) is 6.61 Å². The Morgan fingerprint density at radius 2 is 2.00 bits per heavy atom. The largest absolute Gasteiger partial charge is 0.417 e. The first-order valence-electron chi connectivity index (χ1n) is 6.28. The highest BCUT2D eigenvalue weighted by Gasteiger charge is 2.38. The molecule has 15 heavy (non-hydrogen) atoms. The lowest BCUT2D eigenvalue weighted by atomic mass is 9.70. The third-order valence-electron chi connectivity index (χ3n) is 3.65. The first kappa shape index (κ1) is 13.2. The Bertz CT molecular complexity index is 183. The molecule has 0 aromatic rings. The van der Waals surface area contributed by atoms with Gasteiger partial charge in [-0.2, -0.15) is 0 Å². The van der Waals surface area contributed by atoms with E-state index in [0.29, 0.717) is 6.61 Å². The van der Waals surface area contributed by atoms with Crippen molar-refractivity contribution in [1.82, 2.24) is 0 Å². The Hall–Kier alpha value is 0.137. The molecule has 0 bridgehead atoms. The summed E-state index contributed by atoms with van der Waals surface area (Å²) in [5.74, 6) is 0. The van der Waals surface area contributed by atoms with E-state index in [2.05, 4.69) is 20.0 Å². The van der Waals surface area contributed by atoms with Crippen molar-refractivity contribution >= 4 is 8.32 Å². The van der Waals surface area contributed by atoms with Crippen molar-refractivity contribution in [1.29, 1.82) is 0 Å². The van der Waals surface area contributed by atoms with Crippen molar-refractivity contribution in [3.8, 4) is 0 Å². The van der Waals surface area contributed by atoms with Crippen molar-refractivity contribution in [3.05, 3.63) is 0 Å². The van der Waals surface area contributed by atoms with Crippen LogP contribution in [0.3, 0.4) is 0 Å². The van der Waals surface area contributed by atoms with Gasteiger partial charge in [-0.3, -0.25) is 0 Å². The van der Waals surface area contributed by atoms with Crippen molar-refractivity contribution in [2.24, 2.45) is 5.41 Å². The van der Waals surface area contributed by atoms with Crippen LogP contribution in [0.5, 0.6) is 0 Å². The first-order valence-corrected chi connectivity index (χ1v) is 9.40. The molecular formula is C12H26O2Si. The minimum absolute atomic E-state index is 0.135. The van der Waals surface area contributed by atoms with Crippen LogP contribution in [0, 0.1) is 5.41 Å². The van der Waals surface area contributed by atoms with Crippen LogP contribution in [0.1, 0.15) is 39.0 Å². The van der Waals surface area contributed by atoms with Gasteiger partial charge in [0.25, 0.3) is 0 Å². The lowest BCUT2D eigenvalue weighted by Gasteiger charge is -2.42. The average molecular weight is 230 g/mol. The molecule has 0 heterocycles. The van der Waals surface area contributed by atoms with Crippen LogP contribution >= 0.6 is 0 Å². The maximum Gasteiger partial charge on any atom is 0.186 e. The van der Waals surface area contributed by atoms with Gasteiger partial charge in [-0.25, -0.2) is 0 Å². The van der Waals surface area contributed by atoms with Gasteiger partial charge in [0.15, 0.2) is 8.32 Å². The summed E-state index contributed by atoms with van der Waals surface area (Å²) in [6.07, 6.45) is 6.11. The van der Waals surface area contributed by atoms with Crippen LogP contribution in [-0.2, 0) is 4.43 Å². The van der Waals surface area contributed by atoms with Crippen molar-refractivity contribution in [2.45, 2.75) is 58.2 Å². The summed E-state index contributed by atoms with van der Waals surface area (Å²) in [6, 6.07) is 1.25. The van der Waals surface area contributed by atoms with Gasteiger partial charge in [-0.15, -0.1) is 0 Å². The molecule has 0 unspecified atom stereocenters. The molecule has 0 spiro atoms. The van der Waals surface area contributed by atoms with Crippen molar-refractivity contribution < 1.29 is 9.53 Å². The highest BCUT2D eigenvalue weighted by atomic mass is 28.4. The zero-order chi connectivity index (χ0) is 11.4. The average Bonchev–Trinajstić information content (AvgIpc) is 2.14. The quantitative estimate of drug-likeness (QED) is 0.681. The second-order valence-corrected chi connectivity index (χ2v) is 9.97. The van der Waals surface area contributed by atoms with E-state index in [1.54, 1.807) is 0 Å². The van der Waals surface area contributed by atoms with Gasteiger partial charge in [-0.1, -0.05) is 26.2 Å². The number of hydrogen-bond donors (Lipinski definition) is 1.